The average molecular weight is 300 g/mol. The molecule has 1 aromatic carbocycles. The number of aliphatic hydroxyl groups excluding tert-OH is 2. The van der Waals surface area contributed by atoms with E-state index < -0.39 is 18.2 Å². The summed E-state index contributed by atoms with van der Waals surface area (Å²) in [6.45, 7) is 1.70. The predicted molar refractivity (Wildman–Crippen MR) is 73.7 cm³/mol. The molecule has 0 aromatic heterocycles. The second-order valence-electron chi connectivity index (χ2n) is 4.09. The first kappa shape index (κ1) is 17.1. The van der Waals surface area contributed by atoms with E-state index in [-0.39, 0.29) is 23.7 Å². The number of hydrogen-bond acceptors (Lipinski definition) is 7. The summed E-state index contributed by atoms with van der Waals surface area (Å²) in [6.07, 6.45) is -3.30. The molecule has 2 N–H and O–H groups in total. The Morgan fingerprint density at radius 2 is 1.62 bits per heavy atom. The molecule has 0 bridgehead atoms. The number of ether oxygens (including phenoxy) is 4. The van der Waals surface area contributed by atoms with Crippen molar-refractivity contribution in [1.82, 2.24) is 0 Å². The Bertz CT molecular complexity index is 461. The molecular formula is C14H20O7. The minimum atomic E-state index is -1.75. The SMILES string of the molecule is CCOC(=O)C(O)C(O)c1c(OC)cc(OC)cc1OC. The molecule has 2 atom stereocenters. The van der Waals surface area contributed by atoms with Gasteiger partial charge in [0.05, 0.1) is 33.5 Å². The van der Waals surface area contributed by atoms with Crippen molar-refractivity contribution in [2.45, 2.75) is 19.1 Å². The lowest BCUT2D eigenvalue weighted by Gasteiger charge is -2.22. The van der Waals surface area contributed by atoms with Crippen molar-refractivity contribution in [2.75, 3.05) is 27.9 Å². The molecule has 0 saturated carbocycles. The van der Waals surface area contributed by atoms with Crippen LogP contribution in [0.3, 0.4) is 0 Å². The van der Waals surface area contributed by atoms with Gasteiger partial charge >= 0.3 is 5.97 Å². The Labute approximate surface area is 123 Å². The van der Waals surface area contributed by atoms with Crippen molar-refractivity contribution in [3.63, 3.8) is 0 Å². The lowest BCUT2D eigenvalue weighted by atomic mass is 10.0. The first-order valence-corrected chi connectivity index (χ1v) is 6.32. The fourth-order valence-electron chi connectivity index (χ4n) is 1.84. The number of hydrogen-bond donors (Lipinski definition) is 2. The highest BCUT2D eigenvalue weighted by Gasteiger charge is 2.32. The van der Waals surface area contributed by atoms with Crippen molar-refractivity contribution < 1.29 is 34.0 Å². The maximum Gasteiger partial charge on any atom is 0.338 e. The number of rotatable bonds is 7. The topological polar surface area (TPSA) is 94.5 Å². The second-order valence-corrected chi connectivity index (χ2v) is 4.09. The lowest BCUT2D eigenvalue weighted by molar-refractivity contribution is -0.159. The first-order chi connectivity index (χ1) is 9.99. The summed E-state index contributed by atoms with van der Waals surface area (Å²) >= 11 is 0. The fraction of sp³-hybridized carbons (Fsp3) is 0.500. The molecule has 0 spiro atoms. The molecule has 0 aliphatic heterocycles. The number of benzene rings is 1. The molecule has 1 rings (SSSR count). The Kier molecular flexibility index (Phi) is 6.26. The normalized spacial score (nSPS) is 13.2. The Morgan fingerprint density at radius 3 is 2.00 bits per heavy atom. The summed E-state index contributed by atoms with van der Waals surface area (Å²) < 4.78 is 20.1. The largest absolute Gasteiger partial charge is 0.496 e. The lowest BCUT2D eigenvalue weighted by Crippen LogP contribution is -2.30. The van der Waals surface area contributed by atoms with Gasteiger partial charge in [-0.2, -0.15) is 0 Å². The van der Waals surface area contributed by atoms with Gasteiger partial charge in [-0.1, -0.05) is 0 Å². The second kappa shape index (κ2) is 7.70. The molecule has 0 aliphatic carbocycles. The number of methoxy groups -OCH3 is 3. The zero-order valence-electron chi connectivity index (χ0n) is 12.5. The van der Waals surface area contributed by atoms with Crippen LogP contribution in [0.1, 0.15) is 18.6 Å². The quantitative estimate of drug-likeness (QED) is 0.715. The van der Waals surface area contributed by atoms with Gasteiger partial charge in [0.2, 0.25) is 0 Å². The molecule has 0 saturated heterocycles. The highest BCUT2D eigenvalue weighted by atomic mass is 16.5. The predicted octanol–water partition coefficient (Wildman–Crippen LogP) is 0.670. The highest BCUT2D eigenvalue weighted by Crippen LogP contribution is 2.39. The van der Waals surface area contributed by atoms with E-state index in [1.54, 1.807) is 6.92 Å². The van der Waals surface area contributed by atoms with Gasteiger partial charge in [0, 0.05) is 12.1 Å². The van der Waals surface area contributed by atoms with E-state index in [1.807, 2.05) is 0 Å². The van der Waals surface area contributed by atoms with Gasteiger partial charge in [0.25, 0.3) is 0 Å². The number of esters is 1. The minimum absolute atomic E-state index is 0.0967. The number of aliphatic hydroxyl groups is 2. The highest BCUT2D eigenvalue weighted by molar-refractivity contribution is 5.76. The maximum atomic E-state index is 11.5. The minimum Gasteiger partial charge on any atom is -0.496 e. The molecule has 0 aliphatic rings. The fourth-order valence-corrected chi connectivity index (χ4v) is 1.84. The van der Waals surface area contributed by atoms with Gasteiger partial charge in [-0.15, -0.1) is 0 Å². The van der Waals surface area contributed by atoms with E-state index in [1.165, 1.54) is 33.5 Å². The van der Waals surface area contributed by atoms with Crippen molar-refractivity contribution in [3.05, 3.63) is 17.7 Å². The zero-order chi connectivity index (χ0) is 16.0. The molecule has 0 amide bonds. The molecular weight excluding hydrogens is 280 g/mol. The van der Waals surface area contributed by atoms with Gasteiger partial charge < -0.3 is 29.2 Å². The molecule has 7 heteroatoms. The first-order valence-electron chi connectivity index (χ1n) is 6.32. The van der Waals surface area contributed by atoms with Gasteiger partial charge in [-0.05, 0) is 6.92 Å². The van der Waals surface area contributed by atoms with Crippen LogP contribution in [-0.4, -0.2) is 50.2 Å². The standard InChI is InChI=1S/C14H20O7/c1-5-21-14(17)13(16)12(15)11-9(19-3)6-8(18-2)7-10(11)20-4/h6-7,12-13,15-16H,5H2,1-4H3. The van der Waals surface area contributed by atoms with Crippen molar-refractivity contribution in [1.29, 1.82) is 0 Å². The van der Waals surface area contributed by atoms with Gasteiger partial charge in [0.1, 0.15) is 23.4 Å². The third-order valence-corrected chi connectivity index (χ3v) is 2.88. The van der Waals surface area contributed by atoms with Crippen LogP contribution in [0.5, 0.6) is 17.2 Å². The van der Waals surface area contributed by atoms with E-state index in [0.717, 1.165) is 0 Å². The third-order valence-electron chi connectivity index (χ3n) is 2.88. The van der Waals surface area contributed by atoms with Crippen LogP contribution in [0.25, 0.3) is 0 Å². The summed E-state index contributed by atoms with van der Waals surface area (Å²) in [5.74, 6) is -0.0284. The summed E-state index contributed by atoms with van der Waals surface area (Å²) in [5, 5.41) is 20.1. The monoisotopic (exact) mass is 300 g/mol. The van der Waals surface area contributed by atoms with E-state index >= 15 is 0 Å². The van der Waals surface area contributed by atoms with Crippen LogP contribution >= 0.6 is 0 Å². The van der Waals surface area contributed by atoms with Crippen LogP contribution in [0.15, 0.2) is 12.1 Å². The van der Waals surface area contributed by atoms with Gasteiger partial charge in [0.15, 0.2) is 6.10 Å². The van der Waals surface area contributed by atoms with E-state index in [4.69, 9.17) is 14.2 Å². The van der Waals surface area contributed by atoms with Crippen molar-refractivity contribution in [3.8, 4) is 17.2 Å². The van der Waals surface area contributed by atoms with Crippen molar-refractivity contribution >= 4 is 5.97 Å². The van der Waals surface area contributed by atoms with Gasteiger partial charge in [-0.25, -0.2) is 4.79 Å². The molecule has 21 heavy (non-hydrogen) atoms. The summed E-state index contributed by atoms with van der Waals surface area (Å²) in [6, 6.07) is 3.03. The Hall–Kier alpha value is -1.99. The Morgan fingerprint density at radius 1 is 1.10 bits per heavy atom. The molecule has 0 heterocycles. The third kappa shape index (κ3) is 3.77. The van der Waals surface area contributed by atoms with Crippen LogP contribution in [0.2, 0.25) is 0 Å². The molecule has 118 valence electrons. The van der Waals surface area contributed by atoms with Crippen LogP contribution < -0.4 is 14.2 Å². The number of carbonyl (C=O) groups is 1. The molecule has 7 nitrogen and oxygen atoms in total. The van der Waals surface area contributed by atoms with E-state index in [0.29, 0.717) is 5.75 Å². The Balaban J connectivity index is 3.23. The zero-order valence-corrected chi connectivity index (χ0v) is 12.5. The van der Waals surface area contributed by atoms with Gasteiger partial charge in [-0.3, -0.25) is 0 Å². The van der Waals surface area contributed by atoms with Crippen LogP contribution in [0.4, 0.5) is 0 Å². The molecule has 0 fully saturated rings. The smallest absolute Gasteiger partial charge is 0.338 e. The molecule has 2 unspecified atom stereocenters. The number of carbonyl (C=O) groups excluding carboxylic acids is 1. The van der Waals surface area contributed by atoms with E-state index in [9.17, 15) is 15.0 Å². The summed E-state index contributed by atoms with van der Waals surface area (Å²) in [7, 11) is 4.25. The summed E-state index contributed by atoms with van der Waals surface area (Å²) in [5.41, 5.74) is 0.140. The molecule has 0 radical (unpaired) electrons. The van der Waals surface area contributed by atoms with Crippen LogP contribution in [-0.2, 0) is 9.53 Å². The van der Waals surface area contributed by atoms with Crippen molar-refractivity contribution in [2.24, 2.45) is 0 Å². The van der Waals surface area contributed by atoms with E-state index in [2.05, 4.69) is 4.74 Å². The average Bonchev–Trinajstić information content (AvgIpc) is 2.51. The van der Waals surface area contributed by atoms with Crippen LogP contribution in [0, 0.1) is 0 Å². The maximum absolute atomic E-state index is 11.5. The summed E-state index contributed by atoms with van der Waals surface area (Å²) in [4.78, 5) is 11.5. The molecule has 1 aromatic rings.